The second kappa shape index (κ2) is 9.00. The Kier molecular flexibility index (Phi) is 5.76. The average molecular weight is 450 g/mol. The molecule has 0 spiro atoms. The van der Waals surface area contributed by atoms with Crippen molar-refractivity contribution in [2.24, 2.45) is 0 Å². The number of ether oxygens (including phenoxy) is 3. The molecule has 3 aromatic rings. The van der Waals surface area contributed by atoms with Crippen molar-refractivity contribution in [1.82, 2.24) is 9.97 Å². The summed E-state index contributed by atoms with van der Waals surface area (Å²) in [6.07, 6.45) is 1.36. The zero-order valence-electron chi connectivity index (χ0n) is 17.8. The van der Waals surface area contributed by atoms with Gasteiger partial charge in [-0.25, -0.2) is 14.8 Å². The number of benzene rings is 1. The summed E-state index contributed by atoms with van der Waals surface area (Å²) in [4.78, 5) is 32.5. The van der Waals surface area contributed by atoms with Crippen LogP contribution < -0.4 is 10.6 Å². The summed E-state index contributed by atoms with van der Waals surface area (Å²) in [5.74, 6) is 1.03. The van der Waals surface area contributed by atoms with Crippen LogP contribution in [0.4, 0.5) is 16.4 Å². The predicted molar refractivity (Wildman–Crippen MR) is 117 cm³/mol. The fourth-order valence-corrected chi connectivity index (χ4v) is 3.92. The van der Waals surface area contributed by atoms with Crippen LogP contribution in [0.25, 0.3) is 11.5 Å². The number of nitrogens with zero attached hydrogens (tertiary/aromatic N) is 2. The number of carbonyl (C=O) groups excluding carboxylic acids is 2. The molecule has 0 bridgehead atoms. The zero-order valence-corrected chi connectivity index (χ0v) is 17.8. The maximum atomic E-state index is 12.3. The lowest BCUT2D eigenvalue weighted by molar-refractivity contribution is 0.00917. The summed E-state index contributed by atoms with van der Waals surface area (Å²) >= 11 is 0. The molecule has 2 saturated heterocycles. The average Bonchev–Trinajstić information content (AvgIpc) is 3.55. The number of hydrogen-bond acceptors (Lipinski definition) is 9. The van der Waals surface area contributed by atoms with E-state index in [0.717, 1.165) is 0 Å². The highest BCUT2D eigenvalue weighted by Gasteiger charge is 2.49. The van der Waals surface area contributed by atoms with Gasteiger partial charge in [-0.3, -0.25) is 10.1 Å². The van der Waals surface area contributed by atoms with E-state index in [1.165, 1.54) is 6.92 Å². The van der Waals surface area contributed by atoms with Gasteiger partial charge in [0.15, 0.2) is 17.6 Å². The molecule has 5 rings (SSSR count). The zero-order chi connectivity index (χ0) is 22.8. The normalized spacial score (nSPS) is 23.7. The highest BCUT2D eigenvalue weighted by Crippen LogP contribution is 2.31. The van der Waals surface area contributed by atoms with E-state index in [1.807, 2.05) is 6.07 Å². The minimum atomic E-state index is -0.616. The third kappa shape index (κ3) is 4.57. The van der Waals surface area contributed by atoms with Crippen LogP contribution in [0.2, 0.25) is 0 Å². The first-order valence-corrected chi connectivity index (χ1v) is 10.5. The SMILES string of the molecule is CC(=O)c1ccc(NC(=O)O[C@@H]2CO[C@H]3[C@@H]2OC[C@@H]3Nc2nccc(-c3ccco3)n2)cc1. The van der Waals surface area contributed by atoms with E-state index in [4.69, 9.17) is 18.6 Å². The molecule has 2 fully saturated rings. The van der Waals surface area contributed by atoms with Crippen LogP contribution >= 0.6 is 0 Å². The van der Waals surface area contributed by atoms with Gasteiger partial charge in [0.1, 0.15) is 17.9 Å². The standard InChI is InChI=1S/C23H22N4O6/c1-13(28)14-4-6-15(7-5-14)25-23(29)33-19-12-32-20-17(11-31-21(19)20)27-22-24-9-8-16(26-22)18-3-2-10-30-18/h2-10,17,19-21H,11-12H2,1H3,(H,25,29)(H,24,26,27)/t17-,19+,20+,21+/m0/s1. The van der Waals surface area contributed by atoms with E-state index in [9.17, 15) is 9.59 Å². The molecular weight excluding hydrogens is 428 g/mol. The first kappa shape index (κ1) is 21.1. The molecule has 4 heterocycles. The van der Waals surface area contributed by atoms with Gasteiger partial charge < -0.3 is 23.9 Å². The number of carbonyl (C=O) groups is 2. The molecule has 10 heteroatoms. The van der Waals surface area contributed by atoms with Gasteiger partial charge >= 0.3 is 6.09 Å². The van der Waals surface area contributed by atoms with Crippen molar-refractivity contribution in [3.05, 3.63) is 60.5 Å². The van der Waals surface area contributed by atoms with E-state index in [0.29, 0.717) is 35.3 Å². The number of hydrogen-bond donors (Lipinski definition) is 2. The third-order valence-corrected chi connectivity index (χ3v) is 5.55. The van der Waals surface area contributed by atoms with Crippen LogP contribution in [0.15, 0.2) is 59.3 Å². The summed E-state index contributed by atoms with van der Waals surface area (Å²) < 4.78 is 22.7. The van der Waals surface area contributed by atoms with Crippen molar-refractivity contribution >= 4 is 23.5 Å². The van der Waals surface area contributed by atoms with Gasteiger partial charge in [0, 0.05) is 17.4 Å². The first-order valence-electron chi connectivity index (χ1n) is 10.5. The van der Waals surface area contributed by atoms with Crippen molar-refractivity contribution in [3.63, 3.8) is 0 Å². The van der Waals surface area contributed by atoms with E-state index in [-0.39, 0.29) is 24.5 Å². The van der Waals surface area contributed by atoms with E-state index in [1.54, 1.807) is 48.9 Å². The Hall–Kier alpha value is -3.76. The fourth-order valence-electron chi connectivity index (χ4n) is 3.92. The van der Waals surface area contributed by atoms with Gasteiger partial charge in [-0.2, -0.15) is 0 Å². The van der Waals surface area contributed by atoms with Gasteiger partial charge in [-0.05, 0) is 49.4 Å². The number of nitrogens with one attached hydrogen (secondary N) is 2. The first-order chi connectivity index (χ1) is 16.1. The number of ketones is 1. The lowest BCUT2D eigenvalue weighted by Crippen LogP contribution is -2.38. The summed E-state index contributed by atoms with van der Waals surface area (Å²) in [6.45, 7) is 2.06. The maximum absolute atomic E-state index is 12.3. The van der Waals surface area contributed by atoms with Crippen molar-refractivity contribution in [2.75, 3.05) is 23.8 Å². The fraction of sp³-hybridized carbons (Fsp3) is 0.304. The Labute approximate surface area is 189 Å². The Bertz CT molecular complexity index is 1130. The van der Waals surface area contributed by atoms with Gasteiger partial charge in [-0.1, -0.05) is 0 Å². The highest BCUT2D eigenvalue weighted by atomic mass is 16.6. The molecule has 0 saturated carbocycles. The predicted octanol–water partition coefficient (Wildman–Crippen LogP) is 3.13. The van der Waals surface area contributed by atoms with Crippen LogP contribution in [0.1, 0.15) is 17.3 Å². The Morgan fingerprint density at radius 1 is 1.06 bits per heavy atom. The molecule has 33 heavy (non-hydrogen) atoms. The maximum Gasteiger partial charge on any atom is 0.412 e. The topological polar surface area (TPSA) is 125 Å². The molecule has 2 aromatic heterocycles. The largest absolute Gasteiger partial charge is 0.463 e. The molecule has 1 amide bonds. The van der Waals surface area contributed by atoms with E-state index >= 15 is 0 Å². The van der Waals surface area contributed by atoms with Crippen molar-refractivity contribution < 1.29 is 28.2 Å². The number of Topliss-reactive ketones (excluding diaryl/α,β-unsaturated/α-hetero) is 1. The molecule has 0 unspecified atom stereocenters. The molecule has 170 valence electrons. The Morgan fingerprint density at radius 2 is 1.88 bits per heavy atom. The smallest absolute Gasteiger partial charge is 0.412 e. The molecule has 0 aliphatic carbocycles. The minimum absolute atomic E-state index is 0.0436. The van der Waals surface area contributed by atoms with Crippen LogP contribution in [0.5, 0.6) is 0 Å². The van der Waals surface area contributed by atoms with Gasteiger partial charge in [-0.15, -0.1) is 0 Å². The van der Waals surface area contributed by atoms with Crippen molar-refractivity contribution in [2.45, 2.75) is 31.3 Å². The second-order valence-corrected chi connectivity index (χ2v) is 7.79. The minimum Gasteiger partial charge on any atom is -0.463 e. The van der Waals surface area contributed by atoms with E-state index in [2.05, 4.69) is 20.6 Å². The summed E-state index contributed by atoms with van der Waals surface area (Å²) in [7, 11) is 0. The number of amides is 1. The molecular formula is C23H22N4O6. The summed E-state index contributed by atoms with van der Waals surface area (Å²) in [6, 6.07) is 11.8. The Morgan fingerprint density at radius 3 is 2.64 bits per heavy atom. The number of anilines is 2. The van der Waals surface area contributed by atoms with Crippen LogP contribution in [0.3, 0.4) is 0 Å². The second-order valence-electron chi connectivity index (χ2n) is 7.79. The van der Waals surface area contributed by atoms with Crippen LogP contribution in [-0.2, 0) is 14.2 Å². The third-order valence-electron chi connectivity index (χ3n) is 5.55. The molecule has 10 nitrogen and oxygen atoms in total. The molecule has 2 aliphatic rings. The number of furan rings is 1. The summed E-state index contributed by atoms with van der Waals surface area (Å²) in [5.41, 5.74) is 1.76. The van der Waals surface area contributed by atoms with Crippen molar-refractivity contribution in [3.8, 4) is 11.5 Å². The van der Waals surface area contributed by atoms with Gasteiger partial charge in [0.25, 0.3) is 0 Å². The molecule has 2 N–H and O–H groups in total. The monoisotopic (exact) mass is 450 g/mol. The number of rotatable bonds is 6. The number of fused-ring (bicyclic) bond motifs is 1. The van der Waals surface area contributed by atoms with E-state index < -0.39 is 18.3 Å². The molecule has 4 atom stereocenters. The summed E-state index contributed by atoms with van der Waals surface area (Å²) in [5, 5.41) is 5.90. The quantitative estimate of drug-likeness (QED) is 0.545. The van der Waals surface area contributed by atoms with Gasteiger partial charge in [0.2, 0.25) is 5.95 Å². The number of aromatic nitrogens is 2. The molecule has 0 radical (unpaired) electrons. The Balaban J connectivity index is 1.17. The van der Waals surface area contributed by atoms with Gasteiger partial charge in [0.05, 0.1) is 25.5 Å². The van der Waals surface area contributed by atoms with Crippen LogP contribution in [0, 0.1) is 0 Å². The lowest BCUT2D eigenvalue weighted by Gasteiger charge is -2.18. The molecule has 1 aromatic carbocycles. The van der Waals surface area contributed by atoms with Crippen LogP contribution in [-0.4, -0.2) is 59.4 Å². The van der Waals surface area contributed by atoms with Crippen molar-refractivity contribution in [1.29, 1.82) is 0 Å². The lowest BCUT2D eigenvalue weighted by atomic mass is 10.1. The molecule has 2 aliphatic heterocycles. The highest BCUT2D eigenvalue weighted by molar-refractivity contribution is 5.95.